The van der Waals surface area contributed by atoms with E-state index in [-0.39, 0.29) is 6.29 Å². The molecule has 0 unspecified atom stereocenters. The molecule has 4 nitrogen and oxygen atoms in total. The van der Waals surface area contributed by atoms with Crippen molar-refractivity contribution in [1.29, 1.82) is 0 Å². The molecule has 4 heteroatoms. The molecule has 0 fully saturated rings. The van der Waals surface area contributed by atoms with Crippen LogP contribution in [0.25, 0.3) is 0 Å². The van der Waals surface area contributed by atoms with Crippen molar-refractivity contribution in [3.8, 4) is 0 Å². The average molecular weight is 569 g/mol. The van der Waals surface area contributed by atoms with Gasteiger partial charge in [-0.25, -0.2) is 0 Å². The number of hydrogen-bond donors (Lipinski definition) is 0. The van der Waals surface area contributed by atoms with E-state index in [0.717, 1.165) is 26.1 Å². The van der Waals surface area contributed by atoms with Gasteiger partial charge in [0.1, 0.15) is 0 Å². The Bertz CT molecular complexity index is 448. The topological polar surface area (TPSA) is 36.9 Å². The fourth-order valence-electron chi connectivity index (χ4n) is 5.17. The fraction of sp³-hybridized carbons (Fsp3) is 0.944. The third-order valence-electron chi connectivity index (χ3n) is 7.79. The molecule has 40 heavy (non-hydrogen) atoms. The van der Waals surface area contributed by atoms with Crippen LogP contribution in [0.5, 0.6) is 0 Å². The first-order valence-corrected chi connectivity index (χ1v) is 17.8. The van der Waals surface area contributed by atoms with Crippen LogP contribution >= 0.6 is 0 Å². The number of ether oxygens (including phenoxy) is 4. The van der Waals surface area contributed by atoms with Gasteiger partial charge in [-0.15, -0.1) is 0 Å². The van der Waals surface area contributed by atoms with Gasteiger partial charge in [0, 0.05) is 20.3 Å². The lowest BCUT2D eigenvalue weighted by atomic mass is 10.0. The molecule has 0 heterocycles. The summed E-state index contributed by atoms with van der Waals surface area (Å²) in [6.07, 6.45) is 39.6. The molecule has 0 aliphatic carbocycles. The first kappa shape index (κ1) is 39.4. The number of methoxy groups -OCH3 is 1. The first-order valence-electron chi connectivity index (χ1n) is 17.8. The molecule has 0 amide bonds. The van der Waals surface area contributed by atoms with E-state index in [4.69, 9.17) is 18.9 Å². The minimum Gasteiger partial charge on any atom is -0.476 e. The zero-order valence-corrected chi connectivity index (χ0v) is 27.6. The van der Waals surface area contributed by atoms with E-state index in [1.165, 1.54) is 161 Å². The minimum absolute atomic E-state index is 0.0218. The molecule has 0 spiro atoms. The largest absolute Gasteiger partial charge is 0.476 e. The van der Waals surface area contributed by atoms with E-state index in [0.29, 0.717) is 6.79 Å². The Balaban J connectivity index is 3.76. The smallest absolute Gasteiger partial charge is 0.187 e. The Hall–Kier alpha value is -0.580. The highest BCUT2D eigenvalue weighted by Gasteiger charge is 2.09. The van der Waals surface area contributed by atoms with Crippen molar-refractivity contribution >= 4 is 0 Å². The molecule has 0 saturated heterocycles. The number of allylic oxidation sites excluding steroid dienone is 1. The van der Waals surface area contributed by atoms with Crippen LogP contribution in [-0.2, 0) is 18.9 Å². The van der Waals surface area contributed by atoms with Crippen LogP contribution in [-0.4, -0.2) is 33.4 Å². The fourth-order valence-corrected chi connectivity index (χ4v) is 5.17. The Morgan fingerprint density at radius 2 is 0.875 bits per heavy atom. The van der Waals surface area contributed by atoms with Crippen molar-refractivity contribution < 1.29 is 18.9 Å². The molecule has 0 saturated carbocycles. The maximum Gasteiger partial charge on any atom is 0.187 e. The van der Waals surface area contributed by atoms with Crippen LogP contribution in [0.15, 0.2) is 12.3 Å². The molecule has 0 aromatic carbocycles. The van der Waals surface area contributed by atoms with Gasteiger partial charge in [-0.3, -0.25) is 0 Å². The molecule has 0 N–H and O–H groups in total. The molecule has 240 valence electrons. The average Bonchev–Trinajstić information content (AvgIpc) is 2.97. The summed E-state index contributed by atoms with van der Waals surface area (Å²) in [5.74, 6) is 0. The molecule has 0 rings (SSSR count). The monoisotopic (exact) mass is 569 g/mol. The number of unbranched alkanes of at least 4 members (excludes halogenated alkanes) is 23. The molecule has 0 radical (unpaired) electrons. The lowest BCUT2D eigenvalue weighted by Crippen LogP contribution is -2.19. The summed E-state index contributed by atoms with van der Waals surface area (Å²) < 4.78 is 22.4. The van der Waals surface area contributed by atoms with Crippen LogP contribution in [0.4, 0.5) is 0 Å². The quantitative estimate of drug-likeness (QED) is 0.0433. The molecular formula is C36H72O4. The van der Waals surface area contributed by atoms with Crippen LogP contribution < -0.4 is 0 Å². The van der Waals surface area contributed by atoms with Crippen molar-refractivity contribution in [2.75, 3.05) is 27.1 Å². The van der Waals surface area contributed by atoms with Gasteiger partial charge >= 0.3 is 0 Å². The third kappa shape index (κ3) is 33.6. The first-order chi connectivity index (χ1) is 19.8. The third-order valence-corrected chi connectivity index (χ3v) is 7.79. The summed E-state index contributed by atoms with van der Waals surface area (Å²) >= 11 is 0. The lowest BCUT2D eigenvalue weighted by Gasteiger charge is -2.19. The van der Waals surface area contributed by atoms with Gasteiger partial charge in [-0.05, 0) is 44.6 Å². The van der Waals surface area contributed by atoms with E-state index in [1.807, 2.05) is 0 Å². The van der Waals surface area contributed by atoms with E-state index in [2.05, 4.69) is 19.9 Å². The van der Waals surface area contributed by atoms with Gasteiger partial charge in [-0.1, -0.05) is 149 Å². The Kier molecular flexibility index (Phi) is 35.9. The molecule has 0 aliphatic heterocycles. The summed E-state index contributed by atoms with van der Waals surface area (Å²) in [6.45, 7) is 6.66. The summed E-state index contributed by atoms with van der Waals surface area (Å²) in [4.78, 5) is 0. The van der Waals surface area contributed by atoms with Gasteiger partial charge in [-0.2, -0.15) is 0 Å². The van der Waals surface area contributed by atoms with Crippen molar-refractivity contribution in [3.05, 3.63) is 12.3 Å². The summed E-state index contributed by atoms with van der Waals surface area (Å²) in [5, 5.41) is 0. The molecule has 0 aromatic rings. The predicted octanol–water partition coefficient (Wildman–Crippen LogP) is 12.1. The second kappa shape index (κ2) is 36.4. The second-order valence-corrected chi connectivity index (χ2v) is 11.8. The van der Waals surface area contributed by atoms with Crippen molar-refractivity contribution in [3.63, 3.8) is 0 Å². The zero-order valence-electron chi connectivity index (χ0n) is 27.6. The van der Waals surface area contributed by atoms with E-state index in [1.54, 1.807) is 13.4 Å². The Morgan fingerprint density at radius 3 is 1.32 bits per heavy atom. The molecule has 0 aromatic heterocycles. The standard InChI is InChI=1S/C36H72O4/c1-4-6-8-10-20-25-29-33-39-36(40-34-30-26-21-11-9-7-5-2)31-27-23-19-17-15-13-12-14-16-18-22-24-28-32-38-35-37-3/h28,32,36H,4-27,29-31,33-35H2,1-3H3. The summed E-state index contributed by atoms with van der Waals surface area (Å²) in [5.41, 5.74) is 0. The highest BCUT2D eigenvalue weighted by molar-refractivity contribution is 4.72. The maximum atomic E-state index is 6.22. The molecular weight excluding hydrogens is 496 g/mol. The number of hydrogen-bond acceptors (Lipinski definition) is 4. The highest BCUT2D eigenvalue weighted by Crippen LogP contribution is 2.16. The van der Waals surface area contributed by atoms with E-state index < -0.39 is 0 Å². The van der Waals surface area contributed by atoms with Gasteiger partial charge < -0.3 is 18.9 Å². The van der Waals surface area contributed by atoms with Gasteiger partial charge in [0.15, 0.2) is 13.1 Å². The van der Waals surface area contributed by atoms with Gasteiger partial charge in [0.25, 0.3) is 0 Å². The van der Waals surface area contributed by atoms with Crippen molar-refractivity contribution in [2.45, 2.75) is 193 Å². The lowest BCUT2D eigenvalue weighted by molar-refractivity contribution is -0.148. The number of rotatable bonds is 35. The molecule has 0 bridgehead atoms. The maximum absolute atomic E-state index is 6.22. The van der Waals surface area contributed by atoms with E-state index >= 15 is 0 Å². The van der Waals surface area contributed by atoms with Crippen LogP contribution in [0.2, 0.25) is 0 Å². The zero-order chi connectivity index (χ0) is 29.0. The Morgan fingerprint density at radius 1 is 0.475 bits per heavy atom. The van der Waals surface area contributed by atoms with Gasteiger partial charge in [0.05, 0.1) is 6.26 Å². The minimum atomic E-state index is 0.0218. The normalized spacial score (nSPS) is 11.8. The Labute approximate surface area is 251 Å². The van der Waals surface area contributed by atoms with Crippen LogP contribution in [0.3, 0.4) is 0 Å². The highest BCUT2D eigenvalue weighted by atomic mass is 16.7. The second-order valence-electron chi connectivity index (χ2n) is 11.8. The van der Waals surface area contributed by atoms with E-state index in [9.17, 15) is 0 Å². The summed E-state index contributed by atoms with van der Waals surface area (Å²) in [6, 6.07) is 0. The van der Waals surface area contributed by atoms with Crippen LogP contribution in [0, 0.1) is 0 Å². The molecule has 0 atom stereocenters. The van der Waals surface area contributed by atoms with Crippen LogP contribution in [0.1, 0.15) is 187 Å². The van der Waals surface area contributed by atoms with Gasteiger partial charge in [0.2, 0.25) is 0 Å². The predicted molar refractivity (Wildman–Crippen MR) is 174 cm³/mol. The van der Waals surface area contributed by atoms with Crippen molar-refractivity contribution in [2.24, 2.45) is 0 Å². The SMILES string of the molecule is CCCCCCCCCOC(CCCCCCCCCCCCCC=COCOC)OCCCCCCCCC. The van der Waals surface area contributed by atoms with Crippen molar-refractivity contribution in [1.82, 2.24) is 0 Å². The summed E-state index contributed by atoms with van der Waals surface area (Å²) in [7, 11) is 1.65. The molecule has 0 aliphatic rings.